The molecule has 0 fully saturated rings. The Morgan fingerprint density at radius 1 is 1.23 bits per heavy atom. The standard InChI is InChI=1S/C16H16BrN3S2/c1-12-18-19-16(20(12)8-7-15-6-3-9-21-15)22-11-13-4-2-5-14(17)10-13/h2-6,9-10H,7-8,11H2,1H3. The maximum absolute atomic E-state index is 4.32. The van der Waals surface area contributed by atoms with Gasteiger partial charge in [0.05, 0.1) is 0 Å². The summed E-state index contributed by atoms with van der Waals surface area (Å²) in [6.45, 7) is 2.95. The van der Waals surface area contributed by atoms with Gasteiger partial charge in [0.25, 0.3) is 0 Å². The number of hydrogen-bond acceptors (Lipinski definition) is 4. The molecule has 0 aliphatic rings. The summed E-state index contributed by atoms with van der Waals surface area (Å²) in [5.74, 6) is 1.88. The Morgan fingerprint density at radius 2 is 2.14 bits per heavy atom. The quantitative estimate of drug-likeness (QED) is 0.555. The third kappa shape index (κ3) is 4.00. The van der Waals surface area contributed by atoms with E-state index in [9.17, 15) is 0 Å². The van der Waals surface area contributed by atoms with E-state index >= 15 is 0 Å². The van der Waals surface area contributed by atoms with Crippen LogP contribution in [-0.4, -0.2) is 14.8 Å². The molecule has 2 heterocycles. The van der Waals surface area contributed by atoms with Crippen molar-refractivity contribution in [1.82, 2.24) is 14.8 Å². The van der Waals surface area contributed by atoms with Crippen molar-refractivity contribution in [2.24, 2.45) is 0 Å². The Bertz CT molecular complexity index is 738. The molecule has 22 heavy (non-hydrogen) atoms. The first-order valence-electron chi connectivity index (χ1n) is 7.02. The maximum Gasteiger partial charge on any atom is 0.191 e. The second-order valence-electron chi connectivity index (χ2n) is 4.93. The van der Waals surface area contributed by atoms with E-state index in [-0.39, 0.29) is 0 Å². The Balaban J connectivity index is 1.66. The molecule has 2 aromatic heterocycles. The molecule has 0 aliphatic carbocycles. The van der Waals surface area contributed by atoms with Gasteiger partial charge in [-0.1, -0.05) is 45.9 Å². The predicted octanol–water partition coefficient (Wildman–Crippen LogP) is 4.95. The van der Waals surface area contributed by atoms with Gasteiger partial charge in [-0.2, -0.15) is 0 Å². The first-order chi connectivity index (χ1) is 10.7. The van der Waals surface area contributed by atoms with E-state index in [0.29, 0.717) is 0 Å². The number of nitrogens with zero attached hydrogens (tertiary/aromatic N) is 3. The minimum absolute atomic E-state index is 0.899. The number of thioether (sulfide) groups is 1. The van der Waals surface area contributed by atoms with Crippen molar-refractivity contribution in [1.29, 1.82) is 0 Å². The number of aryl methyl sites for hydroxylation is 2. The molecule has 0 bridgehead atoms. The molecule has 0 amide bonds. The second kappa shape index (κ2) is 7.44. The van der Waals surface area contributed by atoms with Crippen LogP contribution in [0.5, 0.6) is 0 Å². The van der Waals surface area contributed by atoms with Gasteiger partial charge in [0.2, 0.25) is 0 Å². The predicted molar refractivity (Wildman–Crippen MR) is 96.5 cm³/mol. The molecule has 0 saturated carbocycles. The zero-order valence-corrected chi connectivity index (χ0v) is 15.4. The van der Waals surface area contributed by atoms with Crippen LogP contribution in [-0.2, 0) is 18.7 Å². The van der Waals surface area contributed by atoms with Gasteiger partial charge in [0.1, 0.15) is 5.82 Å². The van der Waals surface area contributed by atoms with Crippen molar-refractivity contribution in [2.75, 3.05) is 0 Å². The molecular formula is C16H16BrN3S2. The summed E-state index contributed by atoms with van der Waals surface area (Å²) in [6, 6.07) is 12.7. The Morgan fingerprint density at radius 3 is 2.91 bits per heavy atom. The highest BCUT2D eigenvalue weighted by Gasteiger charge is 2.10. The number of thiophene rings is 1. The van der Waals surface area contributed by atoms with Crippen LogP contribution in [0.25, 0.3) is 0 Å². The molecule has 0 aliphatic heterocycles. The topological polar surface area (TPSA) is 30.7 Å². The van der Waals surface area contributed by atoms with Crippen molar-refractivity contribution >= 4 is 39.0 Å². The van der Waals surface area contributed by atoms with E-state index in [2.05, 4.69) is 66.4 Å². The van der Waals surface area contributed by atoms with Crippen LogP contribution in [0.3, 0.4) is 0 Å². The molecule has 0 spiro atoms. The van der Waals surface area contributed by atoms with Crippen LogP contribution in [0.4, 0.5) is 0 Å². The van der Waals surface area contributed by atoms with Gasteiger partial charge < -0.3 is 4.57 Å². The lowest BCUT2D eigenvalue weighted by Gasteiger charge is -2.07. The highest BCUT2D eigenvalue weighted by atomic mass is 79.9. The number of halogens is 1. The molecule has 0 unspecified atom stereocenters. The van der Waals surface area contributed by atoms with Crippen LogP contribution in [0.15, 0.2) is 51.4 Å². The van der Waals surface area contributed by atoms with Crippen molar-refractivity contribution < 1.29 is 0 Å². The molecule has 3 nitrogen and oxygen atoms in total. The first kappa shape index (κ1) is 15.8. The third-order valence-electron chi connectivity index (χ3n) is 3.32. The Labute approximate surface area is 146 Å². The summed E-state index contributed by atoms with van der Waals surface area (Å²) < 4.78 is 3.32. The van der Waals surface area contributed by atoms with Crippen LogP contribution >= 0.6 is 39.0 Å². The lowest BCUT2D eigenvalue weighted by Crippen LogP contribution is -2.04. The largest absolute Gasteiger partial charge is 0.306 e. The molecule has 3 rings (SSSR count). The number of hydrogen-bond donors (Lipinski definition) is 0. The van der Waals surface area contributed by atoms with Crippen LogP contribution in [0.1, 0.15) is 16.3 Å². The van der Waals surface area contributed by atoms with Gasteiger partial charge in [-0.15, -0.1) is 21.5 Å². The summed E-state index contributed by atoms with van der Waals surface area (Å²) >= 11 is 7.05. The number of benzene rings is 1. The van der Waals surface area contributed by atoms with E-state index < -0.39 is 0 Å². The molecule has 114 valence electrons. The van der Waals surface area contributed by atoms with Crippen molar-refractivity contribution in [3.05, 3.63) is 62.5 Å². The normalized spacial score (nSPS) is 11.0. The monoisotopic (exact) mass is 393 g/mol. The van der Waals surface area contributed by atoms with E-state index in [1.165, 1.54) is 10.4 Å². The minimum Gasteiger partial charge on any atom is -0.306 e. The lowest BCUT2D eigenvalue weighted by atomic mass is 10.2. The highest BCUT2D eigenvalue weighted by Crippen LogP contribution is 2.24. The van der Waals surface area contributed by atoms with Crippen LogP contribution in [0.2, 0.25) is 0 Å². The Hall–Kier alpha value is -1.11. The van der Waals surface area contributed by atoms with Crippen LogP contribution in [0, 0.1) is 6.92 Å². The molecule has 3 aromatic rings. The smallest absolute Gasteiger partial charge is 0.191 e. The van der Waals surface area contributed by atoms with Gasteiger partial charge in [-0.05, 0) is 42.5 Å². The van der Waals surface area contributed by atoms with E-state index in [4.69, 9.17) is 0 Å². The summed E-state index contributed by atoms with van der Waals surface area (Å²) in [5.41, 5.74) is 1.28. The zero-order chi connectivity index (χ0) is 15.4. The highest BCUT2D eigenvalue weighted by molar-refractivity contribution is 9.10. The SMILES string of the molecule is Cc1nnc(SCc2cccc(Br)c2)n1CCc1cccs1. The molecule has 6 heteroatoms. The average molecular weight is 394 g/mol. The van der Waals surface area contributed by atoms with Gasteiger partial charge in [-0.25, -0.2) is 0 Å². The Kier molecular flexibility index (Phi) is 5.33. The van der Waals surface area contributed by atoms with Crippen molar-refractivity contribution in [2.45, 2.75) is 30.8 Å². The first-order valence-corrected chi connectivity index (χ1v) is 9.67. The fraction of sp³-hybridized carbons (Fsp3) is 0.250. The number of aromatic nitrogens is 3. The molecular weight excluding hydrogens is 378 g/mol. The van der Waals surface area contributed by atoms with E-state index in [1.54, 1.807) is 23.1 Å². The second-order valence-corrected chi connectivity index (χ2v) is 7.82. The summed E-state index contributed by atoms with van der Waals surface area (Å²) in [4.78, 5) is 1.40. The summed E-state index contributed by atoms with van der Waals surface area (Å²) in [6.07, 6.45) is 1.03. The minimum atomic E-state index is 0.899. The molecule has 0 saturated heterocycles. The maximum atomic E-state index is 4.32. The van der Waals surface area contributed by atoms with Crippen molar-refractivity contribution in [3.8, 4) is 0 Å². The van der Waals surface area contributed by atoms with E-state index in [0.717, 1.165) is 34.2 Å². The van der Waals surface area contributed by atoms with Crippen molar-refractivity contribution in [3.63, 3.8) is 0 Å². The van der Waals surface area contributed by atoms with Gasteiger partial charge in [0.15, 0.2) is 5.16 Å². The van der Waals surface area contributed by atoms with E-state index in [1.807, 2.05) is 13.0 Å². The third-order valence-corrected chi connectivity index (χ3v) is 5.79. The molecule has 0 atom stereocenters. The summed E-state index contributed by atoms with van der Waals surface area (Å²) in [7, 11) is 0. The molecule has 0 radical (unpaired) electrons. The number of rotatable bonds is 6. The zero-order valence-electron chi connectivity index (χ0n) is 12.2. The van der Waals surface area contributed by atoms with Gasteiger partial charge in [0, 0.05) is 21.6 Å². The lowest BCUT2D eigenvalue weighted by molar-refractivity contribution is 0.621. The molecule has 1 aromatic carbocycles. The fourth-order valence-corrected chi connectivity index (χ4v) is 4.28. The van der Waals surface area contributed by atoms with Crippen LogP contribution < -0.4 is 0 Å². The van der Waals surface area contributed by atoms with Gasteiger partial charge in [-0.3, -0.25) is 0 Å². The average Bonchev–Trinajstić information content (AvgIpc) is 3.13. The summed E-state index contributed by atoms with van der Waals surface area (Å²) in [5, 5.41) is 11.7. The fourth-order valence-electron chi connectivity index (χ4n) is 2.18. The molecule has 0 N–H and O–H groups in total. The van der Waals surface area contributed by atoms with Gasteiger partial charge >= 0.3 is 0 Å².